The summed E-state index contributed by atoms with van der Waals surface area (Å²) in [7, 11) is 0. The van der Waals surface area contributed by atoms with E-state index in [0.29, 0.717) is 23.3 Å². The minimum atomic E-state index is 0.557. The van der Waals surface area contributed by atoms with Crippen molar-refractivity contribution in [2.75, 3.05) is 0 Å². The molecule has 0 bridgehead atoms. The first-order valence-corrected chi connectivity index (χ1v) is 24.9. The number of furan rings is 3. The number of para-hydroxylation sites is 2. The van der Waals surface area contributed by atoms with Crippen LogP contribution in [0.4, 0.5) is 0 Å². The zero-order chi connectivity index (χ0) is 49.4. The van der Waals surface area contributed by atoms with Crippen molar-refractivity contribution in [1.82, 2.24) is 24.9 Å². The first-order chi connectivity index (χ1) is 37.1. The molecule has 0 fully saturated rings. The van der Waals surface area contributed by atoms with Crippen molar-refractivity contribution in [1.29, 1.82) is 0 Å². The van der Waals surface area contributed by atoms with Crippen LogP contribution in [-0.4, -0.2) is 24.9 Å². The van der Waals surface area contributed by atoms with Gasteiger partial charge in [-0.1, -0.05) is 164 Å². The second-order valence-electron chi connectivity index (χ2n) is 18.7. The highest BCUT2D eigenvalue weighted by molar-refractivity contribution is 6.16. The van der Waals surface area contributed by atoms with Crippen molar-refractivity contribution in [2.24, 2.45) is 0 Å². The van der Waals surface area contributed by atoms with Crippen molar-refractivity contribution in [2.45, 2.75) is 0 Å². The maximum absolute atomic E-state index is 6.66. The lowest BCUT2D eigenvalue weighted by Crippen LogP contribution is -2.00. The molecule has 0 N–H and O–H groups in total. The van der Waals surface area contributed by atoms with E-state index in [9.17, 15) is 0 Å². The predicted octanol–water partition coefficient (Wildman–Crippen LogP) is 17.7. The van der Waals surface area contributed by atoms with E-state index in [1.165, 1.54) is 0 Å². The molecular formula is C67H39N5O3. The molecular weight excluding hydrogens is 923 g/mol. The number of aromatic nitrogens is 5. The van der Waals surface area contributed by atoms with Crippen LogP contribution in [0.3, 0.4) is 0 Å². The summed E-state index contributed by atoms with van der Waals surface area (Å²) in [5.41, 5.74) is 15.7. The summed E-state index contributed by atoms with van der Waals surface area (Å²) in [6, 6.07) is 80.4. The minimum absolute atomic E-state index is 0.557. The lowest BCUT2D eigenvalue weighted by molar-refractivity contribution is 0.668. The quantitative estimate of drug-likeness (QED) is 0.148. The van der Waals surface area contributed by atoms with E-state index >= 15 is 0 Å². The minimum Gasteiger partial charge on any atom is -0.456 e. The molecule has 8 heteroatoms. The Labute approximate surface area is 428 Å². The van der Waals surface area contributed by atoms with Crippen molar-refractivity contribution in [3.63, 3.8) is 0 Å². The molecule has 0 aliphatic carbocycles. The number of rotatable bonds is 8. The van der Waals surface area contributed by atoms with Crippen LogP contribution in [0.1, 0.15) is 0 Å². The lowest BCUT2D eigenvalue weighted by atomic mass is 9.91. The van der Waals surface area contributed by atoms with Gasteiger partial charge in [0.15, 0.2) is 23.3 Å². The van der Waals surface area contributed by atoms with Crippen LogP contribution >= 0.6 is 0 Å². The summed E-state index contributed by atoms with van der Waals surface area (Å²) in [5, 5.41) is 6.03. The summed E-state index contributed by atoms with van der Waals surface area (Å²) in [4.78, 5) is 26.1. The molecule has 0 saturated heterocycles. The Kier molecular flexibility index (Phi) is 9.71. The molecule has 0 unspecified atom stereocenters. The lowest BCUT2D eigenvalue weighted by Gasteiger charge is -2.14. The fraction of sp³-hybridized carbons (Fsp3) is 0. The number of nitrogens with zero attached hydrogens (tertiary/aromatic N) is 5. The van der Waals surface area contributed by atoms with Gasteiger partial charge in [0.05, 0.1) is 11.4 Å². The van der Waals surface area contributed by atoms with Gasteiger partial charge in [0, 0.05) is 65.7 Å². The molecule has 0 aliphatic rings. The maximum Gasteiger partial charge on any atom is 0.164 e. The molecule has 5 aromatic heterocycles. The number of hydrogen-bond donors (Lipinski definition) is 0. The third-order valence-corrected chi connectivity index (χ3v) is 14.1. The highest BCUT2D eigenvalue weighted by atomic mass is 16.3. The molecule has 15 aromatic rings. The van der Waals surface area contributed by atoms with Gasteiger partial charge in [0.2, 0.25) is 0 Å². The van der Waals surface area contributed by atoms with Crippen LogP contribution < -0.4 is 0 Å². The monoisotopic (exact) mass is 961 g/mol. The Balaban J connectivity index is 0.956. The molecule has 75 heavy (non-hydrogen) atoms. The molecule has 350 valence electrons. The highest BCUT2D eigenvalue weighted by Crippen LogP contribution is 2.44. The molecule has 0 spiro atoms. The smallest absolute Gasteiger partial charge is 0.164 e. The van der Waals surface area contributed by atoms with E-state index in [1.807, 2.05) is 140 Å². The SMILES string of the molecule is c1ccc(-c2cc(-c3cccc4oc5ccc(-c6nc(-c7ccccc7)nc(-c7ccccc7)n6)cc5c34)nc(-c3cc(-c4cccc5oc6ccccc6c45)cc(-c4cccc5oc6ccccc6c45)c3)n2)cc1. The van der Waals surface area contributed by atoms with Gasteiger partial charge in [-0.2, -0.15) is 0 Å². The fourth-order valence-corrected chi connectivity index (χ4v) is 10.7. The zero-order valence-corrected chi connectivity index (χ0v) is 40.0. The van der Waals surface area contributed by atoms with Gasteiger partial charge in [-0.15, -0.1) is 0 Å². The molecule has 0 amide bonds. The second-order valence-corrected chi connectivity index (χ2v) is 18.7. The average molecular weight is 962 g/mol. The predicted molar refractivity (Wildman–Crippen MR) is 301 cm³/mol. The third-order valence-electron chi connectivity index (χ3n) is 14.1. The third kappa shape index (κ3) is 7.26. The van der Waals surface area contributed by atoms with Crippen LogP contribution in [0.2, 0.25) is 0 Å². The van der Waals surface area contributed by atoms with E-state index in [2.05, 4.69) is 97.1 Å². The van der Waals surface area contributed by atoms with Gasteiger partial charge in [-0.05, 0) is 95.1 Å². The summed E-state index contributed by atoms with van der Waals surface area (Å²) in [5.74, 6) is 2.31. The normalized spacial score (nSPS) is 11.7. The Bertz CT molecular complexity index is 4530. The van der Waals surface area contributed by atoms with E-state index in [-0.39, 0.29) is 0 Å². The molecule has 15 rings (SSSR count). The Morgan fingerprint density at radius 3 is 1.16 bits per heavy atom. The molecule has 0 radical (unpaired) electrons. The summed E-state index contributed by atoms with van der Waals surface area (Å²) in [6.45, 7) is 0. The largest absolute Gasteiger partial charge is 0.456 e. The molecule has 8 nitrogen and oxygen atoms in total. The number of fused-ring (bicyclic) bond motifs is 9. The van der Waals surface area contributed by atoms with Gasteiger partial charge in [0.1, 0.15) is 33.5 Å². The Morgan fingerprint density at radius 2 is 0.613 bits per heavy atom. The second kappa shape index (κ2) is 17.2. The van der Waals surface area contributed by atoms with Crippen molar-refractivity contribution in [3.05, 3.63) is 237 Å². The summed E-state index contributed by atoms with van der Waals surface area (Å²) < 4.78 is 19.6. The highest BCUT2D eigenvalue weighted by Gasteiger charge is 2.22. The Hall–Kier alpha value is -10.3. The maximum atomic E-state index is 6.66. The van der Waals surface area contributed by atoms with E-state index < -0.39 is 0 Å². The zero-order valence-electron chi connectivity index (χ0n) is 40.0. The van der Waals surface area contributed by atoms with Crippen molar-refractivity contribution in [3.8, 4) is 90.3 Å². The molecule has 0 atom stereocenters. The number of benzene rings is 10. The first kappa shape index (κ1) is 42.4. The molecule has 0 saturated carbocycles. The molecule has 5 heterocycles. The van der Waals surface area contributed by atoms with Gasteiger partial charge in [0.25, 0.3) is 0 Å². The summed E-state index contributed by atoms with van der Waals surface area (Å²) in [6.07, 6.45) is 0. The Morgan fingerprint density at radius 1 is 0.213 bits per heavy atom. The molecule has 10 aromatic carbocycles. The molecule has 0 aliphatic heterocycles. The average Bonchev–Trinajstić information content (AvgIpc) is 4.21. The van der Waals surface area contributed by atoms with E-state index in [4.69, 9.17) is 38.2 Å². The van der Waals surface area contributed by atoms with Gasteiger partial charge in [-0.25, -0.2) is 24.9 Å². The topological polar surface area (TPSA) is 104 Å². The fourth-order valence-electron chi connectivity index (χ4n) is 10.7. The van der Waals surface area contributed by atoms with Gasteiger partial charge in [-0.3, -0.25) is 0 Å². The van der Waals surface area contributed by atoms with Crippen LogP contribution in [0.5, 0.6) is 0 Å². The van der Waals surface area contributed by atoms with Crippen LogP contribution in [0.25, 0.3) is 156 Å². The van der Waals surface area contributed by atoms with E-state index in [1.54, 1.807) is 0 Å². The van der Waals surface area contributed by atoms with Crippen molar-refractivity contribution >= 4 is 65.8 Å². The van der Waals surface area contributed by atoms with Crippen LogP contribution in [0.15, 0.2) is 250 Å². The standard InChI is InChI=1S/C67H39N5O3/c1-4-17-40(18-5-1)53-39-54(49-27-16-32-60-63(49)52-38-43(33-34-57(52)75-60)66-71-64(41-19-6-2-7-20-41)70-65(72-66)42-21-8-3-9-22-42)69-67(68-53)46-36-44(47-25-14-30-58-61(47)50-23-10-12-28-55(50)73-58)35-45(37-46)48-26-15-31-59-62(48)51-24-11-13-29-56(51)74-59/h1-39H. The van der Waals surface area contributed by atoms with E-state index in [0.717, 1.165) is 133 Å². The first-order valence-electron chi connectivity index (χ1n) is 24.9. The van der Waals surface area contributed by atoms with Crippen LogP contribution in [-0.2, 0) is 0 Å². The van der Waals surface area contributed by atoms with Crippen molar-refractivity contribution < 1.29 is 13.3 Å². The van der Waals surface area contributed by atoms with Gasteiger partial charge < -0.3 is 13.3 Å². The summed E-state index contributed by atoms with van der Waals surface area (Å²) >= 11 is 0. The van der Waals surface area contributed by atoms with Gasteiger partial charge >= 0.3 is 0 Å². The van der Waals surface area contributed by atoms with Crippen LogP contribution in [0, 0.1) is 0 Å². The number of hydrogen-bond acceptors (Lipinski definition) is 8.